The molecule has 0 spiro atoms. The molecule has 4 N–H and O–H groups in total. The SMILES string of the molecule is CCC1=C(C(C)C(N)=O)NC(=O)NS1(=O)=O. The van der Waals surface area contributed by atoms with Gasteiger partial charge in [0.1, 0.15) is 0 Å². The molecular formula is C8H13N3O4S. The molecule has 90 valence electrons. The summed E-state index contributed by atoms with van der Waals surface area (Å²) in [5.74, 6) is -1.55. The summed E-state index contributed by atoms with van der Waals surface area (Å²) in [5, 5.41) is 2.30. The molecule has 0 aromatic carbocycles. The van der Waals surface area contributed by atoms with Crippen molar-refractivity contribution in [2.24, 2.45) is 11.7 Å². The fourth-order valence-electron chi connectivity index (χ4n) is 1.42. The van der Waals surface area contributed by atoms with E-state index >= 15 is 0 Å². The Balaban J connectivity index is 3.34. The van der Waals surface area contributed by atoms with E-state index in [4.69, 9.17) is 5.73 Å². The predicted octanol–water partition coefficient (Wildman–Crippen LogP) is -0.628. The molecule has 1 atom stereocenters. The molecular weight excluding hydrogens is 234 g/mol. The number of nitrogens with one attached hydrogen (secondary N) is 2. The predicted molar refractivity (Wildman–Crippen MR) is 56.3 cm³/mol. The van der Waals surface area contributed by atoms with Gasteiger partial charge >= 0.3 is 6.03 Å². The zero-order chi connectivity index (χ0) is 12.5. The van der Waals surface area contributed by atoms with E-state index in [0.29, 0.717) is 0 Å². The summed E-state index contributed by atoms with van der Waals surface area (Å²) in [6.45, 7) is 3.05. The number of sulfonamides is 1. The highest BCUT2D eigenvalue weighted by Gasteiger charge is 2.33. The van der Waals surface area contributed by atoms with Gasteiger partial charge < -0.3 is 11.1 Å². The van der Waals surface area contributed by atoms with Crippen LogP contribution in [-0.4, -0.2) is 20.4 Å². The summed E-state index contributed by atoms with van der Waals surface area (Å²) in [5.41, 5.74) is 5.13. The van der Waals surface area contributed by atoms with Gasteiger partial charge in [-0.25, -0.2) is 17.9 Å². The van der Waals surface area contributed by atoms with Crippen LogP contribution in [0.25, 0.3) is 0 Å². The summed E-state index contributed by atoms with van der Waals surface area (Å²) >= 11 is 0. The lowest BCUT2D eigenvalue weighted by molar-refractivity contribution is -0.120. The maximum absolute atomic E-state index is 11.6. The van der Waals surface area contributed by atoms with Crippen molar-refractivity contribution in [2.45, 2.75) is 20.3 Å². The number of carbonyl (C=O) groups is 2. The molecule has 0 saturated heterocycles. The lowest BCUT2D eigenvalue weighted by Crippen LogP contribution is -2.48. The van der Waals surface area contributed by atoms with Crippen molar-refractivity contribution in [2.75, 3.05) is 0 Å². The summed E-state index contributed by atoms with van der Waals surface area (Å²) < 4.78 is 25.0. The topological polar surface area (TPSA) is 118 Å². The maximum atomic E-state index is 11.6. The average molecular weight is 247 g/mol. The number of hydrogen-bond donors (Lipinski definition) is 3. The largest absolute Gasteiger partial charge is 0.369 e. The molecule has 0 saturated carbocycles. The molecule has 0 aliphatic carbocycles. The van der Waals surface area contributed by atoms with Crippen molar-refractivity contribution in [3.8, 4) is 0 Å². The second-order valence-electron chi connectivity index (χ2n) is 3.37. The first-order valence-corrected chi connectivity index (χ1v) is 6.14. The fraction of sp³-hybridized carbons (Fsp3) is 0.500. The minimum atomic E-state index is -3.84. The molecule has 1 rings (SSSR count). The summed E-state index contributed by atoms with van der Waals surface area (Å²) in [4.78, 5) is 22.1. The van der Waals surface area contributed by atoms with Crippen LogP contribution in [0, 0.1) is 5.92 Å². The van der Waals surface area contributed by atoms with Gasteiger partial charge in [-0.3, -0.25) is 4.79 Å². The Hall–Kier alpha value is -1.57. The third-order valence-electron chi connectivity index (χ3n) is 2.28. The van der Waals surface area contributed by atoms with Gasteiger partial charge in [0.15, 0.2) is 0 Å². The first-order chi connectivity index (χ1) is 7.29. The Kier molecular flexibility index (Phi) is 3.22. The molecule has 0 aromatic rings. The summed E-state index contributed by atoms with van der Waals surface area (Å²) in [6, 6.07) is -0.875. The molecule has 8 heteroatoms. The molecule has 1 aliphatic heterocycles. The Labute approximate surface area is 93.1 Å². The Morgan fingerprint density at radius 3 is 2.50 bits per heavy atom. The second-order valence-corrected chi connectivity index (χ2v) is 5.08. The molecule has 1 unspecified atom stereocenters. The normalized spacial score (nSPS) is 21.0. The summed E-state index contributed by atoms with van der Waals surface area (Å²) in [7, 11) is -3.84. The molecule has 16 heavy (non-hydrogen) atoms. The van der Waals surface area contributed by atoms with Gasteiger partial charge in [-0.15, -0.1) is 0 Å². The van der Waals surface area contributed by atoms with Crippen molar-refractivity contribution in [3.63, 3.8) is 0 Å². The average Bonchev–Trinajstić information content (AvgIpc) is 2.13. The van der Waals surface area contributed by atoms with Gasteiger partial charge in [0, 0.05) is 5.70 Å². The van der Waals surface area contributed by atoms with Crippen molar-refractivity contribution in [3.05, 3.63) is 10.6 Å². The third kappa shape index (κ3) is 2.16. The van der Waals surface area contributed by atoms with Crippen LogP contribution in [0.3, 0.4) is 0 Å². The van der Waals surface area contributed by atoms with Crippen molar-refractivity contribution in [1.82, 2.24) is 10.0 Å². The van der Waals surface area contributed by atoms with Crippen LogP contribution in [0.2, 0.25) is 0 Å². The second kappa shape index (κ2) is 4.12. The quantitative estimate of drug-likeness (QED) is 0.615. The van der Waals surface area contributed by atoms with Gasteiger partial charge in [0.2, 0.25) is 5.91 Å². The van der Waals surface area contributed by atoms with Crippen molar-refractivity contribution >= 4 is 22.0 Å². The molecule has 0 aromatic heterocycles. The molecule has 1 heterocycles. The van der Waals surface area contributed by atoms with Crippen LogP contribution in [0.4, 0.5) is 4.79 Å². The maximum Gasteiger partial charge on any atom is 0.332 e. The minimum absolute atomic E-state index is 0.0154. The zero-order valence-electron chi connectivity index (χ0n) is 8.90. The first-order valence-electron chi connectivity index (χ1n) is 4.65. The Bertz CT molecular complexity index is 466. The van der Waals surface area contributed by atoms with Gasteiger partial charge in [0.05, 0.1) is 10.8 Å². The molecule has 7 nitrogen and oxygen atoms in total. The number of carbonyl (C=O) groups excluding carboxylic acids is 2. The van der Waals surface area contributed by atoms with E-state index in [1.54, 1.807) is 11.6 Å². The highest BCUT2D eigenvalue weighted by Crippen LogP contribution is 2.22. The van der Waals surface area contributed by atoms with Crippen LogP contribution < -0.4 is 15.8 Å². The van der Waals surface area contributed by atoms with E-state index in [9.17, 15) is 18.0 Å². The lowest BCUT2D eigenvalue weighted by Gasteiger charge is -2.24. The Morgan fingerprint density at radius 1 is 1.50 bits per heavy atom. The number of amides is 3. The van der Waals surface area contributed by atoms with Crippen LogP contribution in [0.5, 0.6) is 0 Å². The smallest absolute Gasteiger partial charge is 0.332 e. The molecule has 3 amide bonds. The Morgan fingerprint density at radius 2 is 2.06 bits per heavy atom. The standard InChI is InChI=1S/C8H13N3O4S/c1-3-5-6(4(2)7(9)12)10-8(13)11-16(5,14)15/h4H,3H2,1-2H3,(H2,9,12)(H2,10,11,13). The van der Waals surface area contributed by atoms with E-state index in [0.717, 1.165) is 0 Å². The van der Waals surface area contributed by atoms with E-state index in [1.165, 1.54) is 6.92 Å². The number of primary amides is 1. The lowest BCUT2D eigenvalue weighted by atomic mass is 10.1. The number of nitrogens with two attached hydrogens (primary N) is 1. The van der Waals surface area contributed by atoms with Gasteiger partial charge in [0.25, 0.3) is 10.0 Å². The molecule has 1 aliphatic rings. The summed E-state index contributed by atoms with van der Waals surface area (Å²) in [6.07, 6.45) is 0.169. The van der Waals surface area contributed by atoms with E-state index in [-0.39, 0.29) is 17.0 Å². The molecule has 0 bridgehead atoms. The van der Waals surface area contributed by atoms with Gasteiger partial charge in [-0.1, -0.05) is 6.92 Å². The van der Waals surface area contributed by atoms with Crippen molar-refractivity contribution < 1.29 is 18.0 Å². The fourth-order valence-corrected chi connectivity index (χ4v) is 2.73. The molecule has 0 radical (unpaired) electrons. The first kappa shape index (κ1) is 12.5. The van der Waals surface area contributed by atoms with Gasteiger partial charge in [-0.05, 0) is 13.3 Å². The van der Waals surface area contributed by atoms with E-state index in [1.807, 2.05) is 0 Å². The van der Waals surface area contributed by atoms with Crippen molar-refractivity contribution in [1.29, 1.82) is 0 Å². The highest BCUT2D eigenvalue weighted by atomic mass is 32.2. The van der Waals surface area contributed by atoms with Crippen LogP contribution in [0.15, 0.2) is 10.6 Å². The van der Waals surface area contributed by atoms with Gasteiger partial charge in [-0.2, -0.15) is 0 Å². The van der Waals surface area contributed by atoms with Crippen LogP contribution >= 0.6 is 0 Å². The van der Waals surface area contributed by atoms with Crippen LogP contribution in [0.1, 0.15) is 20.3 Å². The van der Waals surface area contributed by atoms with E-state index < -0.39 is 27.9 Å². The number of urea groups is 1. The minimum Gasteiger partial charge on any atom is -0.369 e. The number of allylic oxidation sites excluding steroid dienone is 1. The monoisotopic (exact) mass is 247 g/mol. The number of rotatable bonds is 3. The number of hydrogen-bond acceptors (Lipinski definition) is 4. The zero-order valence-corrected chi connectivity index (χ0v) is 9.72. The highest BCUT2D eigenvalue weighted by molar-refractivity contribution is 7.94. The molecule has 0 fully saturated rings. The van der Waals surface area contributed by atoms with Crippen LogP contribution in [-0.2, 0) is 14.8 Å². The van der Waals surface area contributed by atoms with E-state index in [2.05, 4.69) is 5.32 Å². The third-order valence-corrected chi connectivity index (χ3v) is 3.89.